The number of benzene rings is 1. The standard InChI is InChI=1S/C8H5Cl2N3/c9-5-8(12-13-11)6-1-3-7(10)4-2-6/h1-5H/b8-5-. The summed E-state index contributed by atoms with van der Waals surface area (Å²) in [6.45, 7) is 0. The highest BCUT2D eigenvalue weighted by Gasteiger charge is 1.97. The zero-order valence-corrected chi connectivity index (χ0v) is 8.00. The van der Waals surface area contributed by atoms with Gasteiger partial charge < -0.3 is 0 Å². The van der Waals surface area contributed by atoms with E-state index in [4.69, 9.17) is 28.7 Å². The molecule has 0 amide bonds. The van der Waals surface area contributed by atoms with Crippen LogP contribution >= 0.6 is 23.2 Å². The Hall–Kier alpha value is -1.15. The van der Waals surface area contributed by atoms with E-state index < -0.39 is 0 Å². The fraction of sp³-hybridized carbons (Fsp3) is 0. The molecule has 1 aromatic rings. The zero-order chi connectivity index (χ0) is 9.68. The molecule has 0 heterocycles. The van der Waals surface area contributed by atoms with Crippen LogP contribution < -0.4 is 0 Å². The van der Waals surface area contributed by atoms with Gasteiger partial charge in [0.25, 0.3) is 0 Å². The van der Waals surface area contributed by atoms with Gasteiger partial charge in [-0.25, -0.2) is 0 Å². The molecular formula is C8H5Cl2N3. The Kier molecular flexibility index (Phi) is 3.65. The normalized spacial score (nSPS) is 10.8. The van der Waals surface area contributed by atoms with Crippen LogP contribution in [0.4, 0.5) is 0 Å². The van der Waals surface area contributed by atoms with Crippen LogP contribution in [0.3, 0.4) is 0 Å². The van der Waals surface area contributed by atoms with Crippen molar-refractivity contribution in [3.05, 3.63) is 50.8 Å². The molecule has 0 radical (unpaired) electrons. The lowest BCUT2D eigenvalue weighted by molar-refractivity contribution is 1.48. The summed E-state index contributed by atoms with van der Waals surface area (Å²) in [4.78, 5) is 2.64. The molecule has 0 aliphatic carbocycles. The molecule has 1 rings (SSSR count). The molecule has 0 aliphatic rings. The van der Waals surface area contributed by atoms with Crippen LogP contribution in [0.25, 0.3) is 16.1 Å². The summed E-state index contributed by atoms with van der Waals surface area (Å²) in [7, 11) is 0. The fourth-order valence-electron chi connectivity index (χ4n) is 0.811. The van der Waals surface area contributed by atoms with E-state index in [1.807, 2.05) is 0 Å². The van der Waals surface area contributed by atoms with Gasteiger partial charge in [0.05, 0.1) is 5.70 Å². The van der Waals surface area contributed by atoms with E-state index >= 15 is 0 Å². The average molecular weight is 214 g/mol. The van der Waals surface area contributed by atoms with Gasteiger partial charge in [-0.15, -0.1) is 0 Å². The van der Waals surface area contributed by atoms with Crippen LogP contribution in [0.15, 0.2) is 34.9 Å². The molecule has 0 fully saturated rings. The minimum absolute atomic E-state index is 0.376. The van der Waals surface area contributed by atoms with Crippen molar-refractivity contribution in [2.75, 3.05) is 0 Å². The number of hydrogen-bond donors (Lipinski definition) is 0. The maximum Gasteiger partial charge on any atom is 0.0560 e. The maximum atomic E-state index is 8.22. The van der Waals surface area contributed by atoms with Gasteiger partial charge in [-0.05, 0) is 23.2 Å². The minimum atomic E-state index is 0.376. The van der Waals surface area contributed by atoms with E-state index in [0.29, 0.717) is 10.7 Å². The lowest BCUT2D eigenvalue weighted by Crippen LogP contribution is -1.77. The van der Waals surface area contributed by atoms with Gasteiger partial charge in [0.1, 0.15) is 0 Å². The largest absolute Gasteiger partial charge is 0.0924 e. The van der Waals surface area contributed by atoms with Crippen LogP contribution in [0.2, 0.25) is 5.02 Å². The molecule has 0 aromatic heterocycles. The molecule has 0 saturated carbocycles. The van der Waals surface area contributed by atoms with E-state index in [1.165, 1.54) is 5.54 Å². The Bertz CT molecular complexity index is 363. The highest BCUT2D eigenvalue weighted by molar-refractivity contribution is 6.30. The summed E-state index contributed by atoms with van der Waals surface area (Å²) >= 11 is 11.1. The Labute approximate surface area is 85.2 Å². The van der Waals surface area contributed by atoms with Crippen molar-refractivity contribution in [3.8, 4) is 0 Å². The average Bonchev–Trinajstić information content (AvgIpc) is 2.16. The van der Waals surface area contributed by atoms with Gasteiger partial charge >= 0.3 is 0 Å². The van der Waals surface area contributed by atoms with Crippen molar-refractivity contribution in [1.29, 1.82) is 0 Å². The van der Waals surface area contributed by atoms with Crippen molar-refractivity contribution in [3.63, 3.8) is 0 Å². The second-order valence-electron chi connectivity index (χ2n) is 2.19. The monoisotopic (exact) mass is 213 g/mol. The zero-order valence-electron chi connectivity index (χ0n) is 6.48. The van der Waals surface area contributed by atoms with Gasteiger partial charge in [0, 0.05) is 15.5 Å². The first-order valence-electron chi connectivity index (χ1n) is 3.39. The van der Waals surface area contributed by atoms with E-state index in [9.17, 15) is 0 Å². The number of halogens is 2. The number of hydrogen-bond acceptors (Lipinski definition) is 1. The quantitative estimate of drug-likeness (QED) is 0.402. The Balaban J connectivity index is 3.07. The molecule has 0 spiro atoms. The van der Waals surface area contributed by atoms with Gasteiger partial charge in [-0.1, -0.05) is 40.4 Å². The first-order chi connectivity index (χ1) is 6.27. The summed E-state index contributed by atoms with van der Waals surface area (Å²) < 4.78 is 0. The topological polar surface area (TPSA) is 48.8 Å². The van der Waals surface area contributed by atoms with Gasteiger partial charge in [0.2, 0.25) is 0 Å². The molecule has 0 atom stereocenters. The van der Waals surface area contributed by atoms with Gasteiger partial charge in [0.15, 0.2) is 0 Å². The van der Waals surface area contributed by atoms with Crippen molar-refractivity contribution < 1.29 is 0 Å². The highest BCUT2D eigenvalue weighted by Crippen LogP contribution is 2.19. The summed E-state index contributed by atoms with van der Waals surface area (Å²) in [5.41, 5.74) is 10.6. The Morgan fingerprint density at radius 2 is 2.00 bits per heavy atom. The first-order valence-corrected chi connectivity index (χ1v) is 4.21. The smallest absolute Gasteiger partial charge is 0.0560 e. The van der Waals surface area contributed by atoms with Crippen molar-refractivity contribution >= 4 is 28.9 Å². The molecule has 5 heteroatoms. The molecule has 0 unspecified atom stereocenters. The van der Waals surface area contributed by atoms with Crippen LogP contribution in [0.5, 0.6) is 0 Å². The lowest BCUT2D eigenvalue weighted by atomic mass is 10.2. The van der Waals surface area contributed by atoms with Crippen LogP contribution in [0.1, 0.15) is 5.56 Å². The summed E-state index contributed by atoms with van der Waals surface area (Å²) in [5, 5.41) is 4.03. The van der Waals surface area contributed by atoms with Gasteiger partial charge in [-0.2, -0.15) is 0 Å². The third-order valence-electron chi connectivity index (χ3n) is 1.40. The Morgan fingerprint density at radius 3 is 2.46 bits per heavy atom. The third kappa shape index (κ3) is 2.67. The van der Waals surface area contributed by atoms with Gasteiger partial charge in [-0.3, -0.25) is 0 Å². The summed E-state index contributed by atoms with van der Waals surface area (Å²) in [6, 6.07) is 6.85. The number of rotatable bonds is 2. The second-order valence-corrected chi connectivity index (χ2v) is 2.85. The predicted octanol–water partition coefficient (Wildman–Crippen LogP) is 4.19. The molecule has 0 saturated heterocycles. The van der Waals surface area contributed by atoms with Crippen LogP contribution in [-0.2, 0) is 0 Å². The molecule has 66 valence electrons. The van der Waals surface area contributed by atoms with E-state index in [1.54, 1.807) is 24.3 Å². The maximum absolute atomic E-state index is 8.22. The highest BCUT2D eigenvalue weighted by atomic mass is 35.5. The molecule has 1 aromatic carbocycles. The fourth-order valence-corrected chi connectivity index (χ4v) is 1.11. The Morgan fingerprint density at radius 1 is 1.38 bits per heavy atom. The molecule has 0 N–H and O–H groups in total. The molecule has 3 nitrogen and oxygen atoms in total. The molecule has 0 aliphatic heterocycles. The van der Waals surface area contributed by atoms with E-state index in [-0.39, 0.29) is 0 Å². The van der Waals surface area contributed by atoms with Crippen molar-refractivity contribution in [1.82, 2.24) is 0 Å². The predicted molar refractivity (Wildman–Crippen MR) is 54.4 cm³/mol. The number of azide groups is 1. The lowest BCUT2D eigenvalue weighted by Gasteiger charge is -1.98. The van der Waals surface area contributed by atoms with Crippen molar-refractivity contribution in [2.45, 2.75) is 0 Å². The second kappa shape index (κ2) is 4.77. The summed E-state index contributed by atoms with van der Waals surface area (Å²) in [5.74, 6) is 0. The molecule has 13 heavy (non-hydrogen) atoms. The van der Waals surface area contributed by atoms with E-state index in [2.05, 4.69) is 10.0 Å². The summed E-state index contributed by atoms with van der Waals surface area (Å²) in [6.07, 6.45) is 0. The first kappa shape index (κ1) is 9.93. The SMILES string of the molecule is [N-]=[N+]=N/C(=C\Cl)c1ccc(Cl)cc1. The number of nitrogens with zero attached hydrogens (tertiary/aromatic N) is 3. The third-order valence-corrected chi connectivity index (χ3v) is 1.85. The van der Waals surface area contributed by atoms with Crippen LogP contribution in [-0.4, -0.2) is 0 Å². The van der Waals surface area contributed by atoms with Crippen LogP contribution in [0, 0.1) is 0 Å². The molecular weight excluding hydrogens is 209 g/mol. The van der Waals surface area contributed by atoms with Crippen molar-refractivity contribution in [2.24, 2.45) is 5.11 Å². The molecule has 0 bridgehead atoms. The van der Waals surface area contributed by atoms with E-state index in [0.717, 1.165) is 5.56 Å². The minimum Gasteiger partial charge on any atom is -0.0924 e.